The molecule has 0 unspecified atom stereocenters. The van der Waals surface area contributed by atoms with Crippen LogP contribution in [0, 0.1) is 5.41 Å². The number of thiazole rings is 1. The van der Waals surface area contributed by atoms with Gasteiger partial charge in [-0.15, -0.1) is 11.3 Å². The average Bonchev–Trinajstić information content (AvgIpc) is 2.98. The fourth-order valence-electron chi connectivity index (χ4n) is 2.92. The first-order valence-corrected chi connectivity index (χ1v) is 8.54. The number of nitrogens with zero attached hydrogens (tertiary/aromatic N) is 1. The first-order valence-electron chi connectivity index (χ1n) is 7.66. The van der Waals surface area contributed by atoms with Gasteiger partial charge in [0.15, 0.2) is 5.13 Å². The SMILES string of the molecule is COc1ccccc1-c1csc(NC(=O)C2(CC(=O)O)CCC2)n1. The summed E-state index contributed by atoms with van der Waals surface area (Å²) in [4.78, 5) is 27.9. The van der Waals surface area contributed by atoms with E-state index in [1.165, 1.54) is 11.3 Å². The minimum Gasteiger partial charge on any atom is -0.496 e. The largest absolute Gasteiger partial charge is 0.496 e. The highest BCUT2D eigenvalue weighted by Gasteiger charge is 2.46. The molecule has 2 aromatic rings. The standard InChI is InChI=1S/C17H18N2O4S/c1-23-13-6-3-2-5-11(13)12-10-24-16(18-12)19-15(22)17(7-4-8-17)9-14(20)21/h2-3,5-6,10H,4,7-9H2,1H3,(H,20,21)(H,18,19,22). The molecular formula is C17H18N2O4S. The van der Waals surface area contributed by atoms with E-state index in [9.17, 15) is 9.59 Å². The van der Waals surface area contributed by atoms with Crippen LogP contribution in [0.1, 0.15) is 25.7 Å². The highest BCUT2D eigenvalue weighted by atomic mass is 32.1. The molecule has 24 heavy (non-hydrogen) atoms. The normalized spacial score (nSPS) is 15.4. The molecule has 126 valence electrons. The van der Waals surface area contributed by atoms with Gasteiger partial charge >= 0.3 is 5.97 Å². The van der Waals surface area contributed by atoms with E-state index >= 15 is 0 Å². The number of carboxylic acid groups (broad SMARTS) is 1. The van der Waals surface area contributed by atoms with E-state index in [2.05, 4.69) is 10.3 Å². The Morgan fingerprint density at radius 2 is 2.12 bits per heavy atom. The smallest absolute Gasteiger partial charge is 0.304 e. The zero-order valence-corrected chi connectivity index (χ0v) is 14.1. The number of aliphatic carboxylic acids is 1. The van der Waals surface area contributed by atoms with Crippen LogP contribution >= 0.6 is 11.3 Å². The van der Waals surface area contributed by atoms with Crippen molar-refractivity contribution in [3.8, 4) is 17.0 Å². The number of carbonyl (C=O) groups is 2. The summed E-state index contributed by atoms with van der Waals surface area (Å²) in [6.45, 7) is 0. The van der Waals surface area contributed by atoms with Crippen LogP contribution in [-0.4, -0.2) is 29.1 Å². The second-order valence-electron chi connectivity index (χ2n) is 5.90. The zero-order valence-electron chi connectivity index (χ0n) is 13.2. The molecule has 1 heterocycles. The molecule has 1 amide bonds. The number of benzene rings is 1. The highest BCUT2D eigenvalue weighted by Crippen LogP contribution is 2.45. The summed E-state index contributed by atoms with van der Waals surface area (Å²) in [6, 6.07) is 7.52. The molecule has 0 bridgehead atoms. The van der Waals surface area contributed by atoms with Crippen LogP contribution in [0.5, 0.6) is 5.75 Å². The summed E-state index contributed by atoms with van der Waals surface area (Å²) < 4.78 is 5.33. The molecule has 1 aromatic carbocycles. The van der Waals surface area contributed by atoms with Crippen molar-refractivity contribution in [2.24, 2.45) is 5.41 Å². The third-order valence-corrected chi connectivity index (χ3v) is 5.15. The average molecular weight is 346 g/mol. The van der Waals surface area contributed by atoms with Crippen molar-refractivity contribution in [1.29, 1.82) is 0 Å². The Balaban J connectivity index is 1.77. The number of carboxylic acids is 1. The molecule has 6 nitrogen and oxygen atoms in total. The second-order valence-corrected chi connectivity index (χ2v) is 6.75. The van der Waals surface area contributed by atoms with Crippen LogP contribution in [0.25, 0.3) is 11.3 Å². The predicted octanol–water partition coefficient (Wildman–Crippen LogP) is 3.40. The van der Waals surface area contributed by atoms with Crippen molar-refractivity contribution < 1.29 is 19.4 Å². The van der Waals surface area contributed by atoms with E-state index in [1.54, 1.807) is 7.11 Å². The molecule has 0 atom stereocenters. The van der Waals surface area contributed by atoms with Gasteiger partial charge in [0.25, 0.3) is 0 Å². The Labute approximate surface area is 143 Å². The number of aromatic nitrogens is 1. The molecule has 0 aliphatic heterocycles. The van der Waals surface area contributed by atoms with E-state index in [0.29, 0.717) is 29.4 Å². The van der Waals surface area contributed by atoms with Crippen molar-refractivity contribution in [1.82, 2.24) is 4.98 Å². The van der Waals surface area contributed by atoms with E-state index in [-0.39, 0.29) is 12.3 Å². The van der Waals surface area contributed by atoms with Gasteiger partial charge in [0.05, 0.1) is 24.6 Å². The maximum atomic E-state index is 12.5. The number of methoxy groups -OCH3 is 1. The van der Waals surface area contributed by atoms with Crippen molar-refractivity contribution in [3.63, 3.8) is 0 Å². The molecule has 3 rings (SSSR count). The van der Waals surface area contributed by atoms with Gasteiger partial charge in [-0.05, 0) is 25.0 Å². The van der Waals surface area contributed by atoms with Gasteiger partial charge in [-0.25, -0.2) is 4.98 Å². The van der Waals surface area contributed by atoms with Crippen molar-refractivity contribution in [2.45, 2.75) is 25.7 Å². The maximum Gasteiger partial charge on any atom is 0.304 e. The Morgan fingerprint density at radius 3 is 2.75 bits per heavy atom. The third-order valence-electron chi connectivity index (χ3n) is 4.39. The van der Waals surface area contributed by atoms with Crippen molar-refractivity contribution in [3.05, 3.63) is 29.6 Å². The van der Waals surface area contributed by atoms with Gasteiger partial charge in [0.2, 0.25) is 5.91 Å². The summed E-state index contributed by atoms with van der Waals surface area (Å²) in [5, 5.41) is 14.1. The van der Waals surface area contributed by atoms with Gasteiger partial charge < -0.3 is 15.2 Å². The fraction of sp³-hybridized carbons (Fsp3) is 0.353. The monoisotopic (exact) mass is 346 g/mol. The van der Waals surface area contributed by atoms with Crippen LogP contribution in [0.4, 0.5) is 5.13 Å². The summed E-state index contributed by atoms with van der Waals surface area (Å²) in [6.07, 6.45) is 1.96. The quantitative estimate of drug-likeness (QED) is 0.837. The van der Waals surface area contributed by atoms with Crippen LogP contribution in [0.3, 0.4) is 0 Å². The van der Waals surface area contributed by atoms with Crippen LogP contribution in [-0.2, 0) is 9.59 Å². The Morgan fingerprint density at radius 1 is 1.38 bits per heavy atom. The lowest BCUT2D eigenvalue weighted by Crippen LogP contribution is -2.43. The zero-order chi connectivity index (χ0) is 17.2. The maximum absolute atomic E-state index is 12.5. The second kappa shape index (κ2) is 6.60. The minimum atomic E-state index is -0.946. The topological polar surface area (TPSA) is 88.5 Å². The summed E-state index contributed by atoms with van der Waals surface area (Å²) >= 11 is 1.32. The fourth-order valence-corrected chi connectivity index (χ4v) is 3.62. The van der Waals surface area contributed by atoms with Crippen LogP contribution in [0.15, 0.2) is 29.6 Å². The lowest BCUT2D eigenvalue weighted by Gasteiger charge is -2.38. The first-order chi connectivity index (χ1) is 11.5. The number of ether oxygens (including phenoxy) is 1. The molecule has 0 saturated heterocycles. The molecule has 1 aliphatic carbocycles. The number of rotatable bonds is 6. The van der Waals surface area contributed by atoms with E-state index < -0.39 is 11.4 Å². The molecule has 0 spiro atoms. The Hall–Kier alpha value is -2.41. The number of anilines is 1. The molecule has 1 saturated carbocycles. The highest BCUT2D eigenvalue weighted by molar-refractivity contribution is 7.14. The third kappa shape index (κ3) is 3.12. The number of hydrogen-bond acceptors (Lipinski definition) is 5. The number of amides is 1. The molecule has 1 aliphatic rings. The number of para-hydroxylation sites is 1. The Bertz CT molecular complexity index is 767. The van der Waals surface area contributed by atoms with E-state index in [0.717, 1.165) is 12.0 Å². The first kappa shape index (κ1) is 16.4. The number of hydrogen-bond donors (Lipinski definition) is 2. The number of carbonyl (C=O) groups excluding carboxylic acids is 1. The van der Waals surface area contributed by atoms with Gasteiger partial charge in [0, 0.05) is 10.9 Å². The van der Waals surface area contributed by atoms with Gasteiger partial charge in [-0.1, -0.05) is 18.6 Å². The lowest BCUT2D eigenvalue weighted by molar-refractivity contribution is -0.147. The van der Waals surface area contributed by atoms with Crippen molar-refractivity contribution in [2.75, 3.05) is 12.4 Å². The van der Waals surface area contributed by atoms with E-state index in [1.807, 2.05) is 29.6 Å². The molecule has 2 N–H and O–H groups in total. The molecule has 0 radical (unpaired) electrons. The summed E-state index contributed by atoms with van der Waals surface area (Å²) in [5.41, 5.74) is 0.775. The molecular weight excluding hydrogens is 328 g/mol. The summed E-state index contributed by atoms with van der Waals surface area (Å²) in [5.74, 6) is -0.488. The van der Waals surface area contributed by atoms with Crippen LogP contribution < -0.4 is 10.1 Å². The molecule has 7 heteroatoms. The summed E-state index contributed by atoms with van der Waals surface area (Å²) in [7, 11) is 1.60. The number of nitrogens with one attached hydrogen (secondary N) is 1. The minimum absolute atomic E-state index is 0.135. The van der Waals surface area contributed by atoms with Gasteiger partial charge in [-0.3, -0.25) is 9.59 Å². The van der Waals surface area contributed by atoms with Gasteiger partial charge in [0.1, 0.15) is 5.75 Å². The predicted molar refractivity (Wildman–Crippen MR) is 91.3 cm³/mol. The van der Waals surface area contributed by atoms with Crippen molar-refractivity contribution >= 4 is 28.3 Å². The molecule has 1 aromatic heterocycles. The van der Waals surface area contributed by atoms with Crippen LogP contribution in [0.2, 0.25) is 0 Å². The van der Waals surface area contributed by atoms with E-state index in [4.69, 9.17) is 9.84 Å². The Kier molecular flexibility index (Phi) is 4.53. The molecule has 1 fully saturated rings. The lowest BCUT2D eigenvalue weighted by atomic mass is 9.66. The van der Waals surface area contributed by atoms with Gasteiger partial charge in [-0.2, -0.15) is 0 Å².